The van der Waals surface area contributed by atoms with Crippen LogP contribution in [0.15, 0.2) is 24.3 Å². The lowest BCUT2D eigenvalue weighted by atomic mass is 9.82. The molecule has 1 aromatic rings. The molecule has 1 rings (SSSR count). The molecule has 0 aliphatic rings. The molecular formula is C21H32O4. The quantitative estimate of drug-likeness (QED) is 0.428. The SMILES string of the molecule is CC(C)C(CCCCCCOC(=O)c1ccc(C(=O)O)cc1)C(C)C. The minimum absolute atomic E-state index is 0.164. The lowest BCUT2D eigenvalue weighted by Gasteiger charge is -2.24. The Bertz CT molecular complexity index is 523. The maximum Gasteiger partial charge on any atom is 0.338 e. The number of rotatable bonds is 11. The predicted molar refractivity (Wildman–Crippen MR) is 99.9 cm³/mol. The van der Waals surface area contributed by atoms with Gasteiger partial charge in [-0.05, 0) is 54.9 Å². The molecule has 4 heteroatoms. The Labute approximate surface area is 151 Å². The monoisotopic (exact) mass is 348 g/mol. The topological polar surface area (TPSA) is 63.6 Å². The molecule has 0 heterocycles. The van der Waals surface area contributed by atoms with Gasteiger partial charge in [-0.2, -0.15) is 0 Å². The first-order valence-corrected chi connectivity index (χ1v) is 9.33. The van der Waals surface area contributed by atoms with E-state index in [0.717, 1.165) is 30.6 Å². The fraction of sp³-hybridized carbons (Fsp3) is 0.619. The van der Waals surface area contributed by atoms with E-state index in [9.17, 15) is 9.59 Å². The van der Waals surface area contributed by atoms with E-state index >= 15 is 0 Å². The summed E-state index contributed by atoms with van der Waals surface area (Å²) in [5, 5.41) is 8.84. The molecule has 0 aromatic heterocycles. The molecule has 25 heavy (non-hydrogen) atoms. The first-order chi connectivity index (χ1) is 11.8. The van der Waals surface area contributed by atoms with E-state index in [2.05, 4.69) is 27.7 Å². The fourth-order valence-corrected chi connectivity index (χ4v) is 3.27. The number of unbranched alkanes of at least 4 members (excludes halogenated alkanes) is 3. The van der Waals surface area contributed by atoms with E-state index in [1.807, 2.05) is 0 Å². The average molecular weight is 348 g/mol. The summed E-state index contributed by atoms with van der Waals surface area (Å²) in [6.07, 6.45) is 5.60. The van der Waals surface area contributed by atoms with Crippen molar-refractivity contribution in [1.29, 1.82) is 0 Å². The van der Waals surface area contributed by atoms with Crippen LogP contribution in [0.5, 0.6) is 0 Å². The summed E-state index contributed by atoms with van der Waals surface area (Å²) in [7, 11) is 0. The van der Waals surface area contributed by atoms with Crippen LogP contribution in [0.2, 0.25) is 0 Å². The molecule has 0 aliphatic carbocycles. The molecule has 0 radical (unpaired) electrons. The van der Waals surface area contributed by atoms with Gasteiger partial charge in [0.15, 0.2) is 0 Å². The van der Waals surface area contributed by atoms with Gasteiger partial charge in [0.25, 0.3) is 0 Å². The smallest absolute Gasteiger partial charge is 0.338 e. The maximum absolute atomic E-state index is 11.9. The van der Waals surface area contributed by atoms with Gasteiger partial charge in [-0.1, -0.05) is 47.0 Å². The number of carboxylic acid groups (broad SMARTS) is 1. The van der Waals surface area contributed by atoms with Crippen molar-refractivity contribution < 1.29 is 19.4 Å². The number of hydrogen-bond acceptors (Lipinski definition) is 3. The van der Waals surface area contributed by atoms with Crippen LogP contribution in [0, 0.1) is 17.8 Å². The van der Waals surface area contributed by atoms with Gasteiger partial charge in [-0.3, -0.25) is 0 Å². The summed E-state index contributed by atoms with van der Waals surface area (Å²) in [4.78, 5) is 22.7. The van der Waals surface area contributed by atoms with Crippen LogP contribution in [0.1, 0.15) is 80.5 Å². The molecule has 0 amide bonds. The van der Waals surface area contributed by atoms with Crippen molar-refractivity contribution in [2.45, 2.75) is 59.8 Å². The van der Waals surface area contributed by atoms with Crippen LogP contribution >= 0.6 is 0 Å². The minimum atomic E-state index is -1.00. The fourth-order valence-electron chi connectivity index (χ4n) is 3.27. The number of benzene rings is 1. The zero-order valence-electron chi connectivity index (χ0n) is 16.0. The first-order valence-electron chi connectivity index (χ1n) is 9.33. The molecule has 0 fully saturated rings. The zero-order chi connectivity index (χ0) is 18.8. The average Bonchev–Trinajstić information content (AvgIpc) is 2.56. The van der Waals surface area contributed by atoms with Gasteiger partial charge < -0.3 is 9.84 Å². The highest BCUT2D eigenvalue weighted by molar-refractivity contribution is 5.92. The third-order valence-electron chi connectivity index (χ3n) is 4.75. The largest absolute Gasteiger partial charge is 0.478 e. The van der Waals surface area contributed by atoms with Crippen LogP contribution < -0.4 is 0 Å². The van der Waals surface area contributed by atoms with Crippen LogP contribution in [0.4, 0.5) is 0 Å². The third-order valence-corrected chi connectivity index (χ3v) is 4.75. The van der Waals surface area contributed by atoms with E-state index in [-0.39, 0.29) is 5.56 Å². The van der Waals surface area contributed by atoms with Gasteiger partial charge >= 0.3 is 11.9 Å². The predicted octanol–water partition coefficient (Wildman–Crippen LogP) is 5.42. The summed E-state index contributed by atoms with van der Waals surface area (Å²) in [5.74, 6) is 0.849. The van der Waals surface area contributed by atoms with E-state index in [1.54, 1.807) is 0 Å². The Balaban J connectivity index is 2.19. The Morgan fingerprint density at radius 3 is 1.92 bits per heavy atom. The Hall–Kier alpha value is -1.84. The Morgan fingerprint density at radius 1 is 0.880 bits per heavy atom. The molecule has 0 spiro atoms. The van der Waals surface area contributed by atoms with E-state index in [1.165, 1.54) is 43.5 Å². The number of ether oxygens (including phenoxy) is 1. The first kappa shape index (κ1) is 21.2. The summed E-state index contributed by atoms with van der Waals surface area (Å²) < 4.78 is 5.25. The molecule has 0 atom stereocenters. The van der Waals surface area contributed by atoms with Crippen molar-refractivity contribution in [3.63, 3.8) is 0 Å². The lowest BCUT2D eigenvalue weighted by molar-refractivity contribution is 0.0496. The number of aromatic carboxylic acids is 1. The van der Waals surface area contributed by atoms with E-state index < -0.39 is 11.9 Å². The number of carboxylic acids is 1. The molecule has 1 aromatic carbocycles. The summed E-state index contributed by atoms with van der Waals surface area (Å²) >= 11 is 0. The van der Waals surface area contributed by atoms with Crippen LogP contribution in [-0.4, -0.2) is 23.7 Å². The van der Waals surface area contributed by atoms with Crippen molar-refractivity contribution in [3.05, 3.63) is 35.4 Å². The summed E-state index contributed by atoms with van der Waals surface area (Å²) in [6, 6.07) is 5.81. The summed E-state index contributed by atoms with van der Waals surface area (Å²) in [5.41, 5.74) is 0.555. The van der Waals surface area contributed by atoms with Gasteiger partial charge in [-0.15, -0.1) is 0 Å². The highest BCUT2D eigenvalue weighted by Gasteiger charge is 2.16. The number of hydrogen-bond donors (Lipinski definition) is 1. The van der Waals surface area contributed by atoms with E-state index in [0.29, 0.717) is 12.2 Å². The number of carbonyl (C=O) groups excluding carboxylic acids is 1. The normalized spacial score (nSPS) is 11.3. The molecule has 4 nitrogen and oxygen atoms in total. The molecule has 0 saturated carbocycles. The molecule has 0 bridgehead atoms. The van der Waals surface area contributed by atoms with Gasteiger partial charge in [0.1, 0.15) is 0 Å². The minimum Gasteiger partial charge on any atom is -0.478 e. The van der Waals surface area contributed by atoms with Crippen LogP contribution in [-0.2, 0) is 4.74 Å². The molecule has 0 unspecified atom stereocenters. The van der Waals surface area contributed by atoms with Crippen molar-refractivity contribution in [3.8, 4) is 0 Å². The Morgan fingerprint density at radius 2 is 1.40 bits per heavy atom. The summed E-state index contributed by atoms with van der Waals surface area (Å²) in [6.45, 7) is 9.61. The molecule has 1 N–H and O–H groups in total. The van der Waals surface area contributed by atoms with Gasteiger partial charge in [0.05, 0.1) is 17.7 Å². The van der Waals surface area contributed by atoms with Crippen molar-refractivity contribution >= 4 is 11.9 Å². The standard InChI is InChI=1S/C21H32O4/c1-15(2)19(16(3)4)9-7-5-6-8-14-25-21(24)18-12-10-17(11-13-18)20(22)23/h10-13,15-16,19H,5-9,14H2,1-4H3,(H,22,23). The second kappa shape index (κ2) is 10.9. The Kier molecular flexibility index (Phi) is 9.25. The highest BCUT2D eigenvalue weighted by Crippen LogP contribution is 2.26. The number of esters is 1. The maximum atomic E-state index is 11.9. The molecular weight excluding hydrogens is 316 g/mol. The zero-order valence-corrected chi connectivity index (χ0v) is 16.0. The third kappa shape index (κ3) is 7.72. The second-order valence-electron chi connectivity index (χ2n) is 7.37. The molecule has 0 saturated heterocycles. The lowest BCUT2D eigenvalue weighted by Crippen LogP contribution is -2.15. The van der Waals surface area contributed by atoms with Gasteiger partial charge in [0, 0.05) is 0 Å². The second-order valence-corrected chi connectivity index (χ2v) is 7.37. The molecule has 0 aliphatic heterocycles. The van der Waals surface area contributed by atoms with Crippen molar-refractivity contribution in [1.82, 2.24) is 0 Å². The van der Waals surface area contributed by atoms with Crippen molar-refractivity contribution in [2.75, 3.05) is 6.61 Å². The van der Waals surface area contributed by atoms with Gasteiger partial charge in [0.2, 0.25) is 0 Å². The molecule has 140 valence electrons. The van der Waals surface area contributed by atoms with Crippen LogP contribution in [0.25, 0.3) is 0 Å². The van der Waals surface area contributed by atoms with E-state index in [4.69, 9.17) is 9.84 Å². The van der Waals surface area contributed by atoms with Gasteiger partial charge in [-0.25, -0.2) is 9.59 Å². The van der Waals surface area contributed by atoms with Crippen LogP contribution in [0.3, 0.4) is 0 Å². The number of carbonyl (C=O) groups is 2. The van der Waals surface area contributed by atoms with Crippen molar-refractivity contribution in [2.24, 2.45) is 17.8 Å². The highest BCUT2D eigenvalue weighted by atomic mass is 16.5.